The molecule has 3 rings (SSSR count). The number of rotatable bonds is 2. The van der Waals surface area contributed by atoms with Gasteiger partial charge in [-0.1, -0.05) is 23.7 Å². The van der Waals surface area contributed by atoms with Crippen LogP contribution in [0.5, 0.6) is 0 Å². The minimum Gasteiger partial charge on any atom is -0.338 e. The zero-order valence-electron chi connectivity index (χ0n) is 10.4. The van der Waals surface area contributed by atoms with E-state index in [4.69, 9.17) is 11.6 Å². The predicted octanol–water partition coefficient (Wildman–Crippen LogP) is 4.50. The summed E-state index contributed by atoms with van der Waals surface area (Å²) in [5, 5.41) is 3.39. The number of halogens is 2. The van der Waals surface area contributed by atoms with Crippen LogP contribution >= 0.6 is 11.6 Å². The second kappa shape index (κ2) is 5.17. The molecule has 4 heteroatoms. The Morgan fingerprint density at radius 3 is 2.89 bits per heavy atom. The number of hydrogen-bond acceptors (Lipinski definition) is 2. The Morgan fingerprint density at radius 1 is 1.21 bits per heavy atom. The van der Waals surface area contributed by atoms with E-state index in [1.54, 1.807) is 0 Å². The van der Waals surface area contributed by atoms with Gasteiger partial charge in [-0.25, -0.2) is 9.37 Å². The normalized spacial score (nSPS) is 14.0. The smallest absolute Gasteiger partial charge is 0.167 e. The van der Waals surface area contributed by atoms with Gasteiger partial charge in [0.25, 0.3) is 0 Å². The van der Waals surface area contributed by atoms with Crippen LogP contribution in [0.15, 0.2) is 30.5 Å². The van der Waals surface area contributed by atoms with Crippen molar-refractivity contribution in [3.8, 4) is 0 Å². The molecule has 1 aromatic heterocycles. The summed E-state index contributed by atoms with van der Waals surface area (Å²) < 4.78 is 13.8. The van der Waals surface area contributed by atoms with Gasteiger partial charge in [0, 0.05) is 11.9 Å². The molecule has 1 N–H and O–H groups in total. The average Bonchev–Trinajstić information content (AvgIpc) is 2.42. The highest BCUT2D eigenvalue weighted by molar-refractivity contribution is 6.30. The number of nitrogens with one attached hydrogen (secondary N) is 1. The van der Waals surface area contributed by atoms with Crippen LogP contribution in [0.3, 0.4) is 0 Å². The van der Waals surface area contributed by atoms with Gasteiger partial charge in [0.05, 0.1) is 5.02 Å². The van der Waals surface area contributed by atoms with Gasteiger partial charge in [-0.15, -0.1) is 0 Å². The van der Waals surface area contributed by atoms with Gasteiger partial charge in [0.2, 0.25) is 0 Å². The number of pyridine rings is 1. The van der Waals surface area contributed by atoms with E-state index in [1.807, 2.05) is 12.1 Å². The molecule has 0 amide bonds. The molecule has 2 nitrogen and oxygen atoms in total. The first-order valence-corrected chi connectivity index (χ1v) is 6.80. The predicted molar refractivity (Wildman–Crippen MR) is 75.6 cm³/mol. The fraction of sp³-hybridized carbons (Fsp3) is 0.267. The largest absolute Gasteiger partial charge is 0.338 e. The van der Waals surface area contributed by atoms with Crippen molar-refractivity contribution in [3.05, 3.63) is 52.4 Å². The van der Waals surface area contributed by atoms with Crippen molar-refractivity contribution in [3.63, 3.8) is 0 Å². The van der Waals surface area contributed by atoms with Crippen LogP contribution in [-0.4, -0.2) is 4.98 Å². The summed E-state index contributed by atoms with van der Waals surface area (Å²) in [5.74, 6) is -0.204. The highest BCUT2D eigenvalue weighted by atomic mass is 35.5. The Labute approximate surface area is 116 Å². The van der Waals surface area contributed by atoms with E-state index < -0.39 is 5.82 Å². The standard InChI is InChI=1S/C15H14ClFN2/c16-11-8-13(17)15(18-9-11)19-14-7-3-5-10-4-1-2-6-12(10)14/h3,5,7-9H,1-2,4,6H2,(H,18,19). The summed E-state index contributed by atoms with van der Waals surface area (Å²) in [7, 11) is 0. The zero-order chi connectivity index (χ0) is 13.2. The first kappa shape index (κ1) is 12.4. The summed E-state index contributed by atoms with van der Waals surface area (Å²) in [6, 6.07) is 7.39. The molecular weight excluding hydrogens is 263 g/mol. The van der Waals surface area contributed by atoms with E-state index in [0.29, 0.717) is 5.02 Å². The Bertz CT molecular complexity index is 613. The fourth-order valence-electron chi connectivity index (χ4n) is 2.53. The first-order valence-electron chi connectivity index (χ1n) is 6.43. The van der Waals surface area contributed by atoms with Crippen LogP contribution in [0.1, 0.15) is 24.0 Å². The van der Waals surface area contributed by atoms with Crippen molar-refractivity contribution < 1.29 is 4.39 Å². The Hall–Kier alpha value is -1.61. The number of hydrogen-bond donors (Lipinski definition) is 1. The Kier molecular flexibility index (Phi) is 3.38. The number of aromatic nitrogens is 1. The molecule has 98 valence electrons. The molecule has 0 fully saturated rings. The van der Waals surface area contributed by atoms with Crippen LogP contribution in [-0.2, 0) is 12.8 Å². The van der Waals surface area contributed by atoms with Crippen molar-refractivity contribution in [2.75, 3.05) is 5.32 Å². The van der Waals surface area contributed by atoms with Crippen molar-refractivity contribution in [1.82, 2.24) is 4.98 Å². The summed E-state index contributed by atoms with van der Waals surface area (Å²) in [5.41, 5.74) is 3.58. The third kappa shape index (κ3) is 2.56. The summed E-state index contributed by atoms with van der Waals surface area (Å²) >= 11 is 5.71. The van der Waals surface area contributed by atoms with E-state index >= 15 is 0 Å². The average molecular weight is 277 g/mol. The van der Waals surface area contributed by atoms with Gasteiger partial charge in [0.1, 0.15) is 0 Å². The Balaban J connectivity index is 1.95. The van der Waals surface area contributed by atoms with Crippen molar-refractivity contribution in [2.24, 2.45) is 0 Å². The molecule has 1 aromatic carbocycles. The van der Waals surface area contributed by atoms with Crippen LogP contribution in [0, 0.1) is 5.82 Å². The number of benzene rings is 1. The second-order valence-corrected chi connectivity index (χ2v) is 5.20. The minimum atomic E-state index is -0.430. The molecule has 0 aliphatic heterocycles. The van der Waals surface area contributed by atoms with Gasteiger partial charge < -0.3 is 5.32 Å². The van der Waals surface area contributed by atoms with E-state index in [2.05, 4.69) is 16.4 Å². The lowest BCUT2D eigenvalue weighted by molar-refractivity contribution is 0.626. The van der Waals surface area contributed by atoms with Gasteiger partial charge in [-0.2, -0.15) is 0 Å². The topological polar surface area (TPSA) is 24.9 Å². The van der Waals surface area contributed by atoms with Crippen molar-refractivity contribution in [2.45, 2.75) is 25.7 Å². The molecule has 1 aliphatic carbocycles. The SMILES string of the molecule is Fc1cc(Cl)cnc1Nc1cccc2c1CCCC2. The molecule has 0 bridgehead atoms. The first-order chi connectivity index (χ1) is 9.24. The quantitative estimate of drug-likeness (QED) is 0.874. The molecule has 19 heavy (non-hydrogen) atoms. The van der Waals surface area contributed by atoms with Crippen LogP contribution in [0.4, 0.5) is 15.9 Å². The lowest BCUT2D eigenvalue weighted by Crippen LogP contribution is -2.07. The number of anilines is 2. The minimum absolute atomic E-state index is 0.225. The maximum atomic E-state index is 13.8. The van der Waals surface area contributed by atoms with E-state index in [0.717, 1.165) is 18.5 Å². The highest BCUT2D eigenvalue weighted by Gasteiger charge is 2.14. The highest BCUT2D eigenvalue weighted by Crippen LogP contribution is 2.30. The molecule has 1 aliphatic rings. The molecule has 2 aromatic rings. The van der Waals surface area contributed by atoms with Gasteiger partial charge in [-0.05, 0) is 48.9 Å². The Morgan fingerprint density at radius 2 is 2.05 bits per heavy atom. The molecule has 0 atom stereocenters. The van der Waals surface area contributed by atoms with E-state index in [1.165, 1.54) is 36.2 Å². The lowest BCUT2D eigenvalue weighted by Gasteiger charge is -2.20. The number of fused-ring (bicyclic) bond motifs is 1. The van der Waals surface area contributed by atoms with E-state index in [9.17, 15) is 4.39 Å². The van der Waals surface area contributed by atoms with Crippen LogP contribution in [0.25, 0.3) is 0 Å². The van der Waals surface area contributed by atoms with Gasteiger partial charge >= 0.3 is 0 Å². The molecule has 0 unspecified atom stereocenters. The summed E-state index contributed by atoms with van der Waals surface area (Å²) in [4.78, 5) is 4.00. The molecule has 0 radical (unpaired) electrons. The summed E-state index contributed by atoms with van der Waals surface area (Å²) in [6.45, 7) is 0. The van der Waals surface area contributed by atoms with Crippen LogP contribution < -0.4 is 5.32 Å². The molecule has 0 saturated carbocycles. The van der Waals surface area contributed by atoms with Gasteiger partial charge in [-0.3, -0.25) is 0 Å². The number of aryl methyl sites for hydroxylation is 1. The third-order valence-corrected chi connectivity index (χ3v) is 3.66. The zero-order valence-corrected chi connectivity index (χ0v) is 11.2. The van der Waals surface area contributed by atoms with E-state index in [-0.39, 0.29) is 5.82 Å². The van der Waals surface area contributed by atoms with Crippen molar-refractivity contribution >= 4 is 23.1 Å². The molecule has 0 saturated heterocycles. The number of nitrogens with zero attached hydrogens (tertiary/aromatic N) is 1. The molecular formula is C15H14ClFN2. The third-order valence-electron chi connectivity index (χ3n) is 3.46. The lowest BCUT2D eigenvalue weighted by atomic mass is 9.90. The molecule has 1 heterocycles. The fourth-order valence-corrected chi connectivity index (χ4v) is 2.68. The maximum absolute atomic E-state index is 13.8. The maximum Gasteiger partial charge on any atom is 0.167 e. The summed E-state index contributed by atoms with van der Waals surface area (Å²) in [6.07, 6.45) is 5.99. The second-order valence-electron chi connectivity index (χ2n) is 4.76. The monoisotopic (exact) mass is 276 g/mol. The van der Waals surface area contributed by atoms with Crippen LogP contribution in [0.2, 0.25) is 5.02 Å². The molecule has 0 spiro atoms. The van der Waals surface area contributed by atoms with Gasteiger partial charge in [0.15, 0.2) is 11.6 Å². The van der Waals surface area contributed by atoms with Crippen molar-refractivity contribution in [1.29, 1.82) is 0 Å².